The van der Waals surface area contributed by atoms with E-state index in [9.17, 15) is 17.6 Å². The van der Waals surface area contributed by atoms with Crippen molar-refractivity contribution in [3.8, 4) is 0 Å². The maximum Gasteiger partial charge on any atom is 0.180 e. The lowest BCUT2D eigenvalue weighted by Crippen LogP contribution is -1.94. The molecule has 0 amide bonds. The second-order valence-corrected chi connectivity index (χ2v) is 2.21. The van der Waals surface area contributed by atoms with Gasteiger partial charge < -0.3 is 0 Å². The Kier molecular flexibility index (Phi) is 19.7. The van der Waals surface area contributed by atoms with Crippen LogP contribution in [0.25, 0.3) is 0 Å². The van der Waals surface area contributed by atoms with Crippen LogP contribution in [0.4, 0.5) is 36.4 Å². The molecule has 0 atom stereocenters. The van der Waals surface area contributed by atoms with E-state index in [1.807, 2.05) is 0 Å². The fourth-order valence-corrected chi connectivity index (χ4v) is 0.746. The van der Waals surface area contributed by atoms with Gasteiger partial charge in [-0.05, 0) is 0 Å². The lowest BCUT2D eigenvalue weighted by atomic mass is 10.3. The van der Waals surface area contributed by atoms with Gasteiger partial charge in [-0.25, -0.2) is 17.6 Å². The highest BCUT2D eigenvalue weighted by Crippen LogP contribution is 2.21. The summed E-state index contributed by atoms with van der Waals surface area (Å²) in [6, 6.07) is 0.112. The summed E-state index contributed by atoms with van der Waals surface area (Å²) < 4.78 is 48.9. The zero-order chi connectivity index (χ0) is 8.59. The largest absolute Gasteiger partial charge is 0.269 e. The Morgan fingerprint density at radius 3 is 1.25 bits per heavy atom. The molecule has 0 saturated carbocycles. The number of benzene rings is 1. The Hall–Kier alpha value is -0.830. The van der Waals surface area contributed by atoms with E-state index in [-0.39, 0.29) is 37.3 Å². The van der Waals surface area contributed by atoms with Crippen LogP contribution in [0.15, 0.2) is 11.0 Å². The van der Waals surface area contributed by atoms with Crippen molar-refractivity contribution in [3.63, 3.8) is 0 Å². The summed E-state index contributed by atoms with van der Waals surface area (Å²) in [5.74, 6) is -6.01. The van der Waals surface area contributed by atoms with Crippen LogP contribution in [0.2, 0.25) is 0 Å². The first-order valence-electron chi connectivity index (χ1n) is 2.54. The predicted molar refractivity (Wildman–Crippen MR) is 49.4 cm³/mol. The molecule has 1 radical (unpaired) electrons. The molecule has 0 saturated heterocycles. The topological polar surface area (TPSA) is 0 Å². The first-order valence-corrected chi connectivity index (χ1v) is 2.95. The molecule has 0 aromatic heterocycles. The van der Waals surface area contributed by atoms with Gasteiger partial charge in [0.15, 0.2) is 23.3 Å². The van der Waals surface area contributed by atoms with E-state index < -0.39 is 28.2 Å². The van der Waals surface area contributed by atoms with Crippen molar-refractivity contribution in [2.24, 2.45) is 0 Å². The fourth-order valence-electron chi connectivity index (χ4n) is 0.551. The number of hydrogen-bond donors (Lipinski definition) is 0. The lowest BCUT2D eigenvalue weighted by molar-refractivity contribution is 0.426. The van der Waals surface area contributed by atoms with Crippen molar-refractivity contribution in [1.29, 1.82) is 0 Å². The quantitative estimate of drug-likeness (QED) is 0.504. The summed E-state index contributed by atoms with van der Waals surface area (Å²) in [5, 5.41) is 0. The summed E-state index contributed by atoms with van der Waals surface area (Å²) in [5.41, 5.74) is 0. The smallest absolute Gasteiger partial charge is 0.180 e. The van der Waals surface area contributed by atoms with Crippen LogP contribution in [0.1, 0.15) is 0 Å². The molecular formula is C6H6ClF8S. The summed E-state index contributed by atoms with van der Waals surface area (Å²) >= 11 is 4.04. The molecule has 0 fully saturated rings. The molecule has 0 bridgehead atoms. The van der Waals surface area contributed by atoms with Gasteiger partial charge in [-0.3, -0.25) is 18.8 Å². The zero-order valence-electron chi connectivity index (χ0n) is 7.04. The molecule has 1 rings (SSSR count). The number of rotatable bonds is 0. The van der Waals surface area contributed by atoms with Gasteiger partial charge in [0.25, 0.3) is 0 Å². The maximum atomic E-state index is 12.3. The van der Waals surface area contributed by atoms with Crippen molar-refractivity contribution >= 4 is 25.0 Å². The van der Waals surface area contributed by atoms with Crippen LogP contribution >= 0.6 is 25.0 Å². The molecule has 0 unspecified atom stereocenters. The van der Waals surface area contributed by atoms with Gasteiger partial charge in [-0.1, -0.05) is 12.6 Å². The molecule has 16 heavy (non-hydrogen) atoms. The van der Waals surface area contributed by atoms with E-state index in [4.69, 9.17) is 0 Å². The highest BCUT2D eigenvalue weighted by molar-refractivity contribution is 7.80. The minimum absolute atomic E-state index is 0. The van der Waals surface area contributed by atoms with E-state index in [1.54, 1.807) is 0 Å². The molecule has 1 aromatic carbocycles. The van der Waals surface area contributed by atoms with Gasteiger partial charge in [-0.15, -0.1) is 12.4 Å². The van der Waals surface area contributed by atoms with Gasteiger partial charge in [0.1, 0.15) is 4.90 Å². The summed E-state index contributed by atoms with van der Waals surface area (Å²) in [6.45, 7) is 0. The van der Waals surface area contributed by atoms with E-state index in [1.165, 1.54) is 0 Å². The minimum atomic E-state index is -1.53. The van der Waals surface area contributed by atoms with Gasteiger partial charge in [0.2, 0.25) is 0 Å². The van der Waals surface area contributed by atoms with E-state index in [0.29, 0.717) is 0 Å². The van der Waals surface area contributed by atoms with Crippen molar-refractivity contribution < 1.29 is 36.4 Å². The molecule has 0 aliphatic heterocycles. The molecule has 0 heterocycles. The standard InChI is InChI=1S/C6HF4S.ClH.4FH/c7-2-1-3(8)5(10)6(11)4(2)9;;;;;/h1H;5*1H. The van der Waals surface area contributed by atoms with E-state index in [2.05, 4.69) is 12.6 Å². The van der Waals surface area contributed by atoms with Crippen LogP contribution in [0.3, 0.4) is 0 Å². The SMILES string of the molecule is Cl.F.F.F.F.Fc1cc(F)c(F)c([S])c1F. The number of hydrogen-bond acceptors (Lipinski definition) is 0. The average molecular weight is 298 g/mol. The molecule has 0 aliphatic rings. The zero-order valence-corrected chi connectivity index (χ0v) is 8.67. The summed E-state index contributed by atoms with van der Waals surface area (Å²) in [4.78, 5) is -1.05. The third kappa shape index (κ3) is 5.31. The molecule has 0 aliphatic carbocycles. The maximum absolute atomic E-state index is 12.3. The Morgan fingerprint density at radius 2 is 1.00 bits per heavy atom. The first kappa shape index (κ1) is 29.4. The van der Waals surface area contributed by atoms with Crippen molar-refractivity contribution in [2.45, 2.75) is 4.90 Å². The highest BCUT2D eigenvalue weighted by atomic mass is 35.5. The lowest BCUT2D eigenvalue weighted by Gasteiger charge is -1.97. The average Bonchev–Trinajstić information content (AvgIpc) is 1.97. The molecule has 0 N–H and O–H groups in total. The normalized spacial score (nSPS) is 7.00. The second kappa shape index (κ2) is 10.7. The second-order valence-electron chi connectivity index (χ2n) is 1.80. The first-order chi connectivity index (χ1) is 5.04. The predicted octanol–water partition coefficient (Wildman–Crippen LogP) is 3.83. The van der Waals surface area contributed by atoms with Gasteiger partial charge in [0, 0.05) is 6.07 Å². The third-order valence-electron chi connectivity index (χ3n) is 1.07. The third-order valence-corrected chi connectivity index (χ3v) is 1.43. The van der Waals surface area contributed by atoms with Crippen molar-refractivity contribution in [3.05, 3.63) is 29.3 Å². The Morgan fingerprint density at radius 1 is 0.750 bits per heavy atom. The van der Waals surface area contributed by atoms with Crippen LogP contribution < -0.4 is 0 Å². The van der Waals surface area contributed by atoms with Crippen molar-refractivity contribution in [2.75, 3.05) is 0 Å². The Bertz CT molecular complexity index is 281. The van der Waals surface area contributed by atoms with Crippen molar-refractivity contribution in [1.82, 2.24) is 0 Å². The monoisotopic (exact) mass is 297 g/mol. The molecule has 99 valence electrons. The van der Waals surface area contributed by atoms with Crippen LogP contribution in [-0.4, -0.2) is 0 Å². The molecule has 1 aromatic rings. The molecule has 0 spiro atoms. The highest BCUT2D eigenvalue weighted by Gasteiger charge is 2.16. The van der Waals surface area contributed by atoms with Gasteiger partial charge >= 0.3 is 0 Å². The van der Waals surface area contributed by atoms with E-state index in [0.717, 1.165) is 0 Å². The Balaban J connectivity index is -0.0000000807. The fraction of sp³-hybridized carbons (Fsp3) is 0. The van der Waals surface area contributed by atoms with Gasteiger partial charge in [-0.2, -0.15) is 0 Å². The molecule has 0 nitrogen and oxygen atoms in total. The van der Waals surface area contributed by atoms with Crippen LogP contribution in [-0.2, 0) is 0 Å². The summed E-state index contributed by atoms with van der Waals surface area (Å²) in [7, 11) is 0. The van der Waals surface area contributed by atoms with Crippen LogP contribution in [0, 0.1) is 23.3 Å². The summed E-state index contributed by atoms with van der Waals surface area (Å²) in [6.07, 6.45) is 0. The van der Waals surface area contributed by atoms with Crippen LogP contribution in [0.5, 0.6) is 0 Å². The Labute approximate surface area is 96.3 Å². The minimum Gasteiger partial charge on any atom is -0.269 e. The van der Waals surface area contributed by atoms with Gasteiger partial charge in [0.05, 0.1) is 0 Å². The van der Waals surface area contributed by atoms with E-state index >= 15 is 0 Å². The molecule has 10 heteroatoms. The molecular weight excluding hydrogens is 292 g/mol. The number of halogens is 9.